The molecule has 4 heteroatoms. The van der Waals surface area contributed by atoms with E-state index < -0.39 is 11.7 Å². The lowest BCUT2D eigenvalue weighted by atomic mass is 9.99. The minimum absolute atomic E-state index is 0.101. The second-order valence-electron chi connectivity index (χ2n) is 4.52. The van der Waals surface area contributed by atoms with Crippen molar-refractivity contribution in [2.75, 3.05) is 0 Å². The van der Waals surface area contributed by atoms with E-state index in [1.807, 2.05) is 44.2 Å². The molecule has 0 fully saturated rings. The number of ether oxygens (including phenoxy) is 1. The summed E-state index contributed by atoms with van der Waals surface area (Å²) in [6.07, 6.45) is 0.0804. The van der Waals surface area contributed by atoms with Crippen LogP contribution in [0.15, 0.2) is 30.3 Å². The van der Waals surface area contributed by atoms with Crippen LogP contribution in [0.3, 0.4) is 0 Å². The van der Waals surface area contributed by atoms with E-state index in [2.05, 4.69) is 31.9 Å². The van der Waals surface area contributed by atoms with Crippen LogP contribution >= 0.6 is 31.9 Å². The van der Waals surface area contributed by atoms with Gasteiger partial charge in [-0.3, -0.25) is 0 Å². The van der Waals surface area contributed by atoms with Gasteiger partial charge in [0.15, 0.2) is 0 Å². The predicted molar refractivity (Wildman–Crippen MR) is 77.6 cm³/mol. The van der Waals surface area contributed by atoms with Gasteiger partial charge in [-0.2, -0.15) is 0 Å². The lowest BCUT2D eigenvalue weighted by molar-refractivity contribution is -0.109. The molecule has 0 bridgehead atoms. The zero-order valence-electron chi connectivity index (χ0n) is 10.1. The van der Waals surface area contributed by atoms with Gasteiger partial charge in [0.1, 0.15) is 0 Å². The summed E-state index contributed by atoms with van der Waals surface area (Å²) in [5.74, 6) is 0. The Balaban J connectivity index is 2.49. The van der Waals surface area contributed by atoms with E-state index in [0.29, 0.717) is 13.0 Å². The maximum Gasteiger partial charge on any atom is 0.0889 e. The van der Waals surface area contributed by atoms with E-state index in [-0.39, 0.29) is 3.74 Å². The number of alkyl halides is 2. The van der Waals surface area contributed by atoms with Crippen LogP contribution in [-0.4, -0.2) is 20.5 Å². The summed E-state index contributed by atoms with van der Waals surface area (Å²) >= 11 is 6.73. The van der Waals surface area contributed by atoms with E-state index in [0.717, 1.165) is 5.56 Å². The summed E-state index contributed by atoms with van der Waals surface area (Å²) in [5.41, 5.74) is 0.553. The summed E-state index contributed by atoms with van der Waals surface area (Å²) in [7, 11) is 0. The van der Waals surface area contributed by atoms with E-state index in [1.165, 1.54) is 0 Å². The first-order valence-corrected chi connectivity index (χ1v) is 7.39. The molecule has 0 saturated heterocycles. The van der Waals surface area contributed by atoms with Crippen molar-refractivity contribution in [3.05, 3.63) is 35.9 Å². The molecule has 0 heterocycles. The van der Waals surface area contributed by atoms with Crippen LogP contribution in [0.5, 0.6) is 0 Å². The molecule has 0 aliphatic heterocycles. The molecule has 1 aromatic rings. The second-order valence-corrected chi connectivity index (χ2v) is 7.96. The third kappa shape index (κ3) is 5.51. The first-order chi connectivity index (χ1) is 7.92. The van der Waals surface area contributed by atoms with Crippen LogP contribution in [0.25, 0.3) is 0 Å². The highest BCUT2D eigenvalue weighted by Crippen LogP contribution is 2.25. The molecular formula is C13H18Br2O2. The lowest BCUT2D eigenvalue weighted by Crippen LogP contribution is -2.39. The molecule has 0 aromatic heterocycles. The van der Waals surface area contributed by atoms with Crippen molar-refractivity contribution >= 4 is 31.9 Å². The molecule has 17 heavy (non-hydrogen) atoms. The molecule has 1 unspecified atom stereocenters. The fraction of sp³-hybridized carbons (Fsp3) is 0.538. The van der Waals surface area contributed by atoms with Crippen molar-refractivity contribution in [2.24, 2.45) is 0 Å². The molecule has 96 valence electrons. The van der Waals surface area contributed by atoms with Gasteiger partial charge in [-0.15, -0.1) is 0 Å². The van der Waals surface area contributed by atoms with Crippen molar-refractivity contribution in [3.63, 3.8) is 0 Å². The fourth-order valence-electron chi connectivity index (χ4n) is 1.39. The summed E-state index contributed by atoms with van der Waals surface area (Å²) < 4.78 is 5.89. The Morgan fingerprint density at radius 1 is 1.24 bits per heavy atom. The Bertz CT molecular complexity index is 325. The zero-order valence-corrected chi connectivity index (χ0v) is 13.2. The average molecular weight is 366 g/mol. The molecule has 2 nitrogen and oxygen atoms in total. The third-order valence-electron chi connectivity index (χ3n) is 2.66. The molecular weight excluding hydrogens is 348 g/mol. The van der Waals surface area contributed by atoms with E-state index in [4.69, 9.17) is 4.74 Å². The topological polar surface area (TPSA) is 29.5 Å². The number of aliphatic hydroxyl groups is 1. The molecule has 0 amide bonds. The Hall–Kier alpha value is 0.1000. The standard InChI is InChI=1S/C13H18Br2O2/c1-13(2,11(16)8-12(14)15)17-9-10-6-4-3-5-7-10/h3-7,11-12,16H,8-9H2,1-2H3. The highest BCUT2D eigenvalue weighted by Gasteiger charge is 2.29. The Morgan fingerprint density at radius 2 is 1.82 bits per heavy atom. The van der Waals surface area contributed by atoms with Crippen LogP contribution in [0, 0.1) is 0 Å². The molecule has 0 aliphatic rings. The van der Waals surface area contributed by atoms with E-state index >= 15 is 0 Å². The number of hydrogen-bond donors (Lipinski definition) is 1. The Kier molecular flexibility index (Phi) is 6.13. The maximum absolute atomic E-state index is 10.0. The van der Waals surface area contributed by atoms with E-state index in [9.17, 15) is 5.11 Å². The molecule has 0 radical (unpaired) electrons. The van der Waals surface area contributed by atoms with Gasteiger partial charge in [-0.05, 0) is 25.8 Å². The van der Waals surface area contributed by atoms with Gasteiger partial charge in [0.05, 0.1) is 22.0 Å². The zero-order chi connectivity index (χ0) is 12.9. The smallest absolute Gasteiger partial charge is 0.0889 e. The molecule has 0 saturated carbocycles. The summed E-state index contributed by atoms with van der Waals surface area (Å²) in [5, 5.41) is 10.0. The predicted octanol–water partition coefficient (Wildman–Crippen LogP) is 3.85. The van der Waals surface area contributed by atoms with Crippen LogP contribution < -0.4 is 0 Å². The molecule has 1 aromatic carbocycles. The highest BCUT2D eigenvalue weighted by molar-refractivity contribution is 9.24. The maximum atomic E-state index is 10.0. The SMILES string of the molecule is CC(C)(OCc1ccccc1)C(O)CC(Br)Br. The number of hydrogen-bond acceptors (Lipinski definition) is 2. The minimum atomic E-state index is -0.560. The number of benzene rings is 1. The Labute approximate surface area is 120 Å². The van der Waals surface area contributed by atoms with Crippen LogP contribution in [0.4, 0.5) is 0 Å². The molecule has 0 aliphatic carbocycles. The number of halogens is 2. The molecule has 1 N–H and O–H groups in total. The number of rotatable bonds is 6. The first-order valence-electron chi connectivity index (χ1n) is 5.56. The van der Waals surface area contributed by atoms with Gasteiger partial charge in [0.2, 0.25) is 0 Å². The lowest BCUT2D eigenvalue weighted by Gasteiger charge is -2.31. The van der Waals surface area contributed by atoms with Crippen molar-refractivity contribution in [1.29, 1.82) is 0 Å². The normalized spacial score (nSPS) is 14.0. The van der Waals surface area contributed by atoms with Gasteiger partial charge >= 0.3 is 0 Å². The molecule has 1 rings (SSSR count). The van der Waals surface area contributed by atoms with Crippen molar-refractivity contribution in [3.8, 4) is 0 Å². The van der Waals surface area contributed by atoms with E-state index in [1.54, 1.807) is 0 Å². The van der Waals surface area contributed by atoms with Gasteiger partial charge < -0.3 is 9.84 Å². The third-order valence-corrected chi connectivity index (χ3v) is 3.41. The second kappa shape index (κ2) is 6.88. The summed E-state index contributed by atoms with van der Waals surface area (Å²) in [6, 6.07) is 9.97. The minimum Gasteiger partial charge on any atom is -0.390 e. The molecule has 1 atom stereocenters. The van der Waals surface area contributed by atoms with Crippen molar-refractivity contribution < 1.29 is 9.84 Å². The monoisotopic (exact) mass is 364 g/mol. The van der Waals surface area contributed by atoms with Crippen LogP contribution in [0.2, 0.25) is 0 Å². The fourth-order valence-corrected chi connectivity index (χ4v) is 2.10. The summed E-state index contributed by atoms with van der Waals surface area (Å²) in [4.78, 5) is 0. The van der Waals surface area contributed by atoms with Crippen LogP contribution in [0.1, 0.15) is 25.8 Å². The Morgan fingerprint density at radius 3 is 2.35 bits per heavy atom. The van der Waals surface area contributed by atoms with Gasteiger partial charge in [-0.25, -0.2) is 0 Å². The van der Waals surface area contributed by atoms with Gasteiger partial charge in [-0.1, -0.05) is 62.2 Å². The first kappa shape index (κ1) is 15.2. The quantitative estimate of drug-likeness (QED) is 0.776. The average Bonchev–Trinajstić information content (AvgIpc) is 2.27. The summed E-state index contributed by atoms with van der Waals surface area (Å²) in [6.45, 7) is 4.33. The largest absolute Gasteiger partial charge is 0.390 e. The highest BCUT2D eigenvalue weighted by atomic mass is 79.9. The molecule has 0 spiro atoms. The van der Waals surface area contributed by atoms with Crippen LogP contribution in [-0.2, 0) is 11.3 Å². The number of aliphatic hydroxyl groups excluding tert-OH is 1. The van der Waals surface area contributed by atoms with Gasteiger partial charge in [0.25, 0.3) is 0 Å². The van der Waals surface area contributed by atoms with Crippen molar-refractivity contribution in [1.82, 2.24) is 0 Å². The van der Waals surface area contributed by atoms with Crippen molar-refractivity contribution in [2.45, 2.75) is 42.3 Å². The van der Waals surface area contributed by atoms with Gasteiger partial charge in [0, 0.05) is 0 Å².